The topological polar surface area (TPSA) is 55.8 Å². The minimum atomic E-state index is -3.72. The number of hydrogen-bond donors (Lipinski definition) is 0. The van der Waals surface area contributed by atoms with Gasteiger partial charge in [-0.3, -0.25) is 0 Å². The number of sulfonamides is 1. The number of methoxy groups -OCH3 is 2. The van der Waals surface area contributed by atoms with Gasteiger partial charge in [-0.05, 0) is 58.2 Å². The van der Waals surface area contributed by atoms with Crippen molar-refractivity contribution in [2.75, 3.05) is 27.8 Å². The first-order valence-corrected chi connectivity index (χ1v) is 9.65. The van der Waals surface area contributed by atoms with E-state index in [2.05, 4.69) is 15.9 Å². The van der Waals surface area contributed by atoms with Crippen molar-refractivity contribution < 1.29 is 22.3 Å². The molecular formula is C17H19BrFNO4S. The van der Waals surface area contributed by atoms with Gasteiger partial charge in [-0.1, -0.05) is 6.07 Å². The zero-order chi connectivity index (χ0) is 18.6. The van der Waals surface area contributed by atoms with Gasteiger partial charge in [0.1, 0.15) is 5.82 Å². The van der Waals surface area contributed by atoms with Crippen LogP contribution in [0.1, 0.15) is 5.56 Å². The molecule has 0 fully saturated rings. The van der Waals surface area contributed by atoms with E-state index in [4.69, 9.17) is 9.47 Å². The third kappa shape index (κ3) is 4.50. The second-order valence-electron chi connectivity index (χ2n) is 5.34. The molecule has 0 amide bonds. The molecular weight excluding hydrogens is 413 g/mol. The number of halogens is 2. The summed E-state index contributed by atoms with van der Waals surface area (Å²) in [4.78, 5) is 0.0312. The van der Waals surface area contributed by atoms with Crippen LogP contribution >= 0.6 is 15.9 Å². The van der Waals surface area contributed by atoms with Gasteiger partial charge in [-0.15, -0.1) is 0 Å². The Bertz CT molecular complexity index is 858. The Hall–Kier alpha value is -1.64. The zero-order valence-corrected chi connectivity index (χ0v) is 16.5. The van der Waals surface area contributed by atoms with E-state index in [-0.39, 0.29) is 15.9 Å². The molecule has 0 saturated carbocycles. The van der Waals surface area contributed by atoms with Crippen molar-refractivity contribution in [1.29, 1.82) is 0 Å². The lowest BCUT2D eigenvalue weighted by Crippen LogP contribution is -2.29. The molecule has 0 heterocycles. The molecule has 0 aliphatic heterocycles. The van der Waals surface area contributed by atoms with Crippen LogP contribution in [0, 0.1) is 5.82 Å². The molecule has 0 radical (unpaired) electrons. The molecule has 0 aromatic heterocycles. The highest BCUT2D eigenvalue weighted by Crippen LogP contribution is 2.28. The Kier molecular flexibility index (Phi) is 6.42. The smallest absolute Gasteiger partial charge is 0.243 e. The molecule has 136 valence electrons. The molecule has 0 bridgehead atoms. The number of hydrogen-bond acceptors (Lipinski definition) is 4. The number of ether oxygens (including phenoxy) is 2. The van der Waals surface area contributed by atoms with E-state index in [0.29, 0.717) is 17.9 Å². The molecule has 0 N–H and O–H groups in total. The van der Waals surface area contributed by atoms with E-state index in [1.807, 2.05) is 12.1 Å². The number of likely N-dealkylation sites (N-methyl/N-ethyl adjacent to an activating group) is 1. The number of nitrogens with zero attached hydrogens (tertiary/aromatic N) is 1. The van der Waals surface area contributed by atoms with E-state index in [0.717, 1.165) is 17.7 Å². The van der Waals surface area contributed by atoms with Crippen LogP contribution in [-0.2, 0) is 16.4 Å². The van der Waals surface area contributed by atoms with Crippen molar-refractivity contribution in [1.82, 2.24) is 4.31 Å². The van der Waals surface area contributed by atoms with Crippen LogP contribution in [0.15, 0.2) is 45.8 Å². The number of benzene rings is 2. The Morgan fingerprint density at radius 3 is 2.36 bits per heavy atom. The van der Waals surface area contributed by atoms with E-state index < -0.39 is 15.8 Å². The predicted molar refractivity (Wildman–Crippen MR) is 97.2 cm³/mol. The summed E-state index contributed by atoms with van der Waals surface area (Å²) in [6, 6.07) is 8.96. The van der Waals surface area contributed by atoms with Gasteiger partial charge in [0.2, 0.25) is 10.0 Å². The molecule has 0 aliphatic carbocycles. The molecule has 0 atom stereocenters. The first kappa shape index (κ1) is 19.7. The van der Waals surface area contributed by atoms with Gasteiger partial charge in [0.05, 0.1) is 19.1 Å². The fourth-order valence-corrected chi connectivity index (χ4v) is 4.47. The van der Waals surface area contributed by atoms with Gasteiger partial charge in [-0.25, -0.2) is 17.1 Å². The summed E-state index contributed by atoms with van der Waals surface area (Å²) in [6.07, 6.45) is 0.495. The largest absolute Gasteiger partial charge is 0.493 e. The Morgan fingerprint density at radius 1 is 1.08 bits per heavy atom. The molecule has 0 unspecified atom stereocenters. The third-order valence-electron chi connectivity index (χ3n) is 3.75. The van der Waals surface area contributed by atoms with E-state index in [9.17, 15) is 12.8 Å². The average Bonchev–Trinajstić information content (AvgIpc) is 2.58. The minimum Gasteiger partial charge on any atom is -0.493 e. The van der Waals surface area contributed by atoms with Gasteiger partial charge in [-0.2, -0.15) is 0 Å². The molecule has 2 rings (SSSR count). The molecule has 2 aromatic rings. The van der Waals surface area contributed by atoms with Gasteiger partial charge in [0, 0.05) is 18.1 Å². The molecule has 8 heteroatoms. The first-order chi connectivity index (χ1) is 11.8. The van der Waals surface area contributed by atoms with E-state index >= 15 is 0 Å². The van der Waals surface area contributed by atoms with Crippen molar-refractivity contribution in [2.45, 2.75) is 11.3 Å². The first-order valence-electron chi connectivity index (χ1n) is 7.42. The maximum absolute atomic E-state index is 13.2. The summed E-state index contributed by atoms with van der Waals surface area (Å²) in [5.74, 6) is 0.702. The lowest BCUT2D eigenvalue weighted by Gasteiger charge is -2.18. The summed E-state index contributed by atoms with van der Waals surface area (Å²) in [5, 5.41) is 0. The highest BCUT2D eigenvalue weighted by Gasteiger charge is 2.23. The van der Waals surface area contributed by atoms with Gasteiger partial charge in [0.25, 0.3) is 0 Å². The van der Waals surface area contributed by atoms with Crippen molar-refractivity contribution in [3.8, 4) is 11.5 Å². The average molecular weight is 432 g/mol. The summed E-state index contributed by atoms with van der Waals surface area (Å²) in [5.41, 5.74) is 0.915. The fraction of sp³-hybridized carbons (Fsp3) is 0.294. The Balaban J connectivity index is 2.15. The second-order valence-corrected chi connectivity index (χ2v) is 8.21. The normalized spacial score (nSPS) is 11.6. The standard InChI is InChI=1S/C17H19BrFNO4S/c1-20(25(21,22)17-7-5-13(19)11-14(17)18)9-8-12-4-6-15(23-2)16(10-12)24-3/h4-7,10-11H,8-9H2,1-3H3. The van der Waals surface area contributed by atoms with Crippen LogP contribution in [0.2, 0.25) is 0 Å². The summed E-state index contributed by atoms with van der Waals surface area (Å²) < 4.78 is 50.3. The molecule has 0 aliphatic rings. The monoisotopic (exact) mass is 431 g/mol. The summed E-state index contributed by atoms with van der Waals surface area (Å²) in [6.45, 7) is 0.266. The fourth-order valence-electron chi connectivity index (χ4n) is 2.30. The summed E-state index contributed by atoms with van der Waals surface area (Å²) >= 11 is 3.11. The third-order valence-corrected chi connectivity index (χ3v) is 6.58. The SMILES string of the molecule is COc1ccc(CCN(C)S(=O)(=O)c2ccc(F)cc2Br)cc1OC. The molecule has 25 heavy (non-hydrogen) atoms. The van der Waals surface area contributed by atoms with Gasteiger partial charge >= 0.3 is 0 Å². The van der Waals surface area contributed by atoms with Crippen LogP contribution in [-0.4, -0.2) is 40.5 Å². The maximum Gasteiger partial charge on any atom is 0.243 e. The van der Waals surface area contributed by atoms with Gasteiger partial charge < -0.3 is 9.47 Å². The molecule has 0 saturated heterocycles. The highest BCUT2D eigenvalue weighted by atomic mass is 79.9. The van der Waals surface area contributed by atoms with Crippen molar-refractivity contribution >= 4 is 26.0 Å². The van der Waals surface area contributed by atoms with Crippen LogP contribution in [0.5, 0.6) is 11.5 Å². The van der Waals surface area contributed by atoms with E-state index in [1.165, 1.54) is 17.4 Å². The van der Waals surface area contributed by atoms with Crippen LogP contribution in [0.25, 0.3) is 0 Å². The van der Waals surface area contributed by atoms with Crippen molar-refractivity contribution in [2.24, 2.45) is 0 Å². The highest BCUT2D eigenvalue weighted by molar-refractivity contribution is 9.10. The van der Waals surface area contributed by atoms with Crippen LogP contribution in [0.3, 0.4) is 0 Å². The molecule has 5 nitrogen and oxygen atoms in total. The number of rotatable bonds is 7. The Morgan fingerprint density at radius 2 is 1.76 bits per heavy atom. The molecule has 0 spiro atoms. The summed E-state index contributed by atoms with van der Waals surface area (Å²) in [7, 11) is 0.871. The lowest BCUT2D eigenvalue weighted by atomic mass is 10.1. The quantitative estimate of drug-likeness (QED) is 0.673. The maximum atomic E-state index is 13.2. The predicted octanol–water partition coefficient (Wildman–Crippen LogP) is 3.47. The van der Waals surface area contributed by atoms with Gasteiger partial charge in [0.15, 0.2) is 11.5 Å². The lowest BCUT2D eigenvalue weighted by molar-refractivity contribution is 0.354. The van der Waals surface area contributed by atoms with Crippen molar-refractivity contribution in [3.63, 3.8) is 0 Å². The molecule has 2 aromatic carbocycles. The second kappa shape index (κ2) is 8.16. The van der Waals surface area contributed by atoms with Crippen molar-refractivity contribution in [3.05, 3.63) is 52.3 Å². The zero-order valence-electron chi connectivity index (χ0n) is 14.1. The van der Waals surface area contributed by atoms with E-state index in [1.54, 1.807) is 20.3 Å². The van der Waals surface area contributed by atoms with Crippen LogP contribution in [0.4, 0.5) is 4.39 Å². The Labute approximate surface area is 155 Å². The minimum absolute atomic E-state index is 0.0312. The van der Waals surface area contributed by atoms with Crippen LogP contribution < -0.4 is 9.47 Å².